The van der Waals surface area contributed by atoms with E-state index in [9.17, 15) is 4.39 Å². The highest BCUT2D eigenvalue weighted by Crippen LogP contribution is 2.38. The van der Waals surface area contributed by atoms with Crippen LogP contribution in [-0.4, -0.2) is 6.61 Å². The van der Waals surface area contributed by atoms with E-state index in [0.29, 0.717) is 40.3 Å². The highest BCUT2D eigenvalue weighted by Gasteiger charge is 2.14. The summed E-state index contributed by atoms with van der Waals surface area (Å²) in [5, 5.41) is 4.30. The molecule has 0 amide bonds. The van der Waals surface area contributed by atoms with E-state index in [1.807, 2.05) is 25.1 Å². The Morgan fingerprint density at radius 2 is 1.79 bits per heavy atom. The molecule has 3 aromatic carbocycles. The summed E-state index contributed by atoms with van der Waals surface area (Å²) in [4.78, 5) is 0. The van der Waals surface area contributed by atoms with E-state index >= 15 is 0 Å². The molecule has 3 rings (SSSR count). The lowest BCUT2D eigenvalue weighted by molar-refractivity contribution is 0.264. The average Bonchev–Trinajstić information content (AvgIpc) is 2.70. The Kier molecular flexibility index (Phi) is 7.64. The molecule has 0 heterocycles. The summed E-state index contributed by atoms with van der Waals surface area (Å²) < 4.78 is 26.2. The molecule has 0 unspecified atom stereocenters. The summed E-state index contributed by atoms with van der Waals surface area (Å²) in [6.45, 7) is 3.03. The third-order valence-electron chi connectivity index (χ3n) is 4.12. The van der Waals surface area contributed by atoms with Crippen molar-refractivity contribution in [2.45, 2.75) is 20.1 Å². The van der Waals surface area contributed by atoms with Crippen molar-refractivity contribution in [1.29, 1.82) is 0 Å². The molecule has 0 bridgehead atoms. The Hall–Kier alpha value is -1.95. The summed E-state index contributed by atoms with van der Waals surface area (Å²) in [5.41, 5.74) is 2.31. The van der Waals surface area contributed by atoms with Crippen molar-refractivity contribution in [2.24, 2.45) is 0 Å². The van der Waals surface area contributed by atoms with Gasteiger partial charge in [-0.2, -0.15) is 0 Å². The summed E-state index contributed by atoms with van der Waals surface area (Å²) in [6.07, 6.45) is 0. The smallest absolute Gasteiger partial charge is 0.175 e. The topological polar surface area (TPSA) is 30.5 Å². The van der Waals surface area contributed by atoms with Crippen LogP contribution in [0.2, 0.25) is 10.0 Å². The highest BCUT2D eigenvalue weighted by atomic mass is 79.9. The van der Waals surface area contributed by atoms with Crippen LogP contribution in [0.1, 0.15) is 18.1 Å². The lowest BCUT2D eigenvalue weighted by Gasteiger charge is -2.16. The van der Waals surface area contributed by atoms with E-state index in [1.165, 1.54) is 6.07 Å². The zero-order valence-corrected chi connectivity index (χ0v) is 18.7. The minimum Gasteiger partial charge on any atom is -0.490 e. The number of hydrogen-bond donors (Lipinski definition) is 1. The number of halogens is 4. The monoisotopic (exact) mass is 497 g/mol. The van der Waals surface area contributed by atoms with Crippen LogP contribution in [0.15, 0.2) is 59.1 Å². The molecule has 7 heteroatoms. The van der Waals surface area contributed by atoms with Crippen LogP contribution in [0.3, 0.4) is 0 Å². The van der Waals surface area contributed by atoms with Crippen molar-refractivity contribution >= 4 is 44.8 Å². The van der Waals surface area contributed by atoms with Crippen molar-refractivity contribution < 1.29 is 13.9 Å². The van der Waals surface area contributed by atoms with Gasteiger partial charge in [0.1, 0.15) is 12.4 Å². The molecule has 0 saturated heterocycles. The Morgan fingerprint density at radius 1 is 1.00 bits per heavy atom. The molecule has 0 aliphatic carbocycles. The molecular formula is C22H19BrCl2FNO2. The molecule has 0 fully saturated rings. The first-order valence-electron chi connectivity index (χ1n) is 8.98. The second kappa shape index (κ2) is 10.2. The maximum absolute atomic E-state index is 13.9. The van der Waals surface area contributed by atoms with Gasteiger partial charge in [-0.1, -0.05) is 41.4 Å². The third-order valence-corrected chi connectivity index (χ3v) is 5.44. The fourth-order valence-electron chi connectivity index (χ4n) is 2.70. The minimum atomic E-state index is -0.302. The second-order valence-corrected chi connectivity index (χ2v) is 7.87. The molecule has 0 spiro atoms. The van der Waals surface area contributed by atoms with Crippen molar-refractivity contribution in [3.63, 3.8) is 0 Å². The van der Waals surface area contributed by atoms with Gasteiger partial charge in [0.05, 0.1) is 21.1 Å². The van der Waals surface area contributed by atoms with E-state index in [4.69, 9.17) is 32.7 Å². The van der Waals surface area contributed by atoms with Crippen molar-refractivity contribution in [3.8, 4) is 11.5 Å². The Morgan fingerprint density at radius 3 is 2.52 bits per heavy atom. The number of rotatable bonds is 8. The van der Waals surface area contributed by atoms with Gasteiger partial charge in [-0.3, -0.25) is 0 Å². The zero-order chi connectivity index (χ0) is 20.8. The van der Waals surface area contributed by atoms with Gasteiger partial charge in [-0.05, 0) is 64.8 Å². The van der Waals surface area contributed by atoms with Crippen LogP contribution < -0.4 is 14.8 Å². The standard InChI is InChI=1S/C22H19BrCl2FNO2/c1-2-28-21-10-14(12-27-16-7-8-18(24)19(25)11-16)9-17(23)22(21)29-13-15-5-3-4-6-20(15)26/h3-11,27H,2,12-13H2,1H3. The van der Waals surface area contributed by atoms with Crippen LogP contribution in [0, 0.1) is 5.82 Å². The molecule has 3 aromatic rings. The van der Waals surface area contributed by atoms with Gasteiger partial charge >= 0.3 is 0 Å². The quantitative estimate of drug-likeness (QED) is 0.349. The average molecular weight is 499 g/mol. The summed E-state index contributed by atoms with van der Waals surface area (Å²) >= 11 is 15.6. The number of hydrogen-bond acceptors (Lipinski definition) is 3. The van der Waals surface area contributed by atoms with E-state index < -0.39 is 0 Å². The second-order valence-electron chi connectivity index (χ2n) is 6.20. The number of benzene rings is 3. The van der Waals surface area contributed by atoms with Crippen molar-refractivity contribution in [2.75, 3.05) is 11.9 Å². The van der Waals surface area contributed by atoms with E-state index in [2.05, 4.69) is 21.2 Å². The van der Waals surface area contributed by atoms with Crippen LogP contribution in [0.25, 0.3) is 0 Å². The number of anilines is 1. The van der Waals surface area contributed by atoms with Crippen LogP contribution in [0.5, 0.6) is 11.5 Å². The summed E-state index contributed by atoms with van der Waals surface area (Å²) in [7, 11) is 0. The molecular weight excluding hydrogens is 480 g/mol. The number of ether oxygens (including phenoxy) is 2. The predicted molar refractivity (Wildman–Crippen MR) is 120 cm³/mol. The van der Waals surface area contributed by atoms with Crippen molar-refractivity contribution in [3.05, 3.63) is 86.1 Å². The van der Waals surface area contributed by atoms with Crippen LogP contribution in [-0.2, 0) is 13.2 Å². The Labute approximate surface area is 187 Å². The maximum atomic E-state index is 13.9. The molecule has 3 nitrogen and oxygen atoms in total. The Balaban J connectivity index is 1.76. The highest BCUT2D eigenvalue weighted by molar-refractivity contribution is 9.10. The van der Waals surface area contributed by atoms with Gasteiger partial charge in [0.25, 0.3) is 0 Å². The largest absolute Gasteiger partial charge is 0.490 e. The van der Waals surface area contributed by atoms with Gasteiger partial charge in [0.2, 0.25) is 0 Å². The van der Waals surface area contributed by atoms with E-state index in [1.54, 1.807) is 30.3 Å². The fourth-order valence-corrected chi connectivity index (χ4v) is 3.60. The first-order chi connectivity index (χ1) is 14.0. The molecule has 1 N–H and O–H groups in total. The lowest BCUT2D eigenvalue weighted by atomic mass is 10.2. The molecule has 0 atom stereocenters. The molecule has 0 radical (unpaired) electrons. The van der Waals surface area contributed by atoms with Gasteiger partial charge < -0.3 is 14.8 Å². The first-order valence-corrected chi connectivity index (χ1v) is 10.5. The molecule has 0 aromatic heterocycles. The summed E-state index contributed by atoms with van der Waals surface area (Å²) in [6, 6.07) is 15.7. The summed E-state index contributed by atoms with van der Waals surface area (Å²) in [5.74, 6) is 0.821. The molecule has 152 valence electrons. The van der Waals surface area contributed by atoms with Crippen LogP contribution >= 0.6 is 39.1 Å². The lowest BCUT2D eigenvalue weighted by Crippen LogP contribution is -2.04. The third kappa shape index (κ3) is 5.78. The van der Waals surface area contributed by atoms with Crippen molar-refractivity contribution in [1.82, 2.24) is 0 Å². The molecule has 29 heavy (non-hydrogen) atoms. The van der Waals surface area contributed by atoms with Crippen LogP contribution in [0.4, 0.5) is 10.1 Å². The van der Waals surface area contributed by atoms with Gasteiger partial charge in [-0.25, -0.2) is 4.39 Å². The van der Waals surface area contributed by atoms with Gasteiger partial charge in [-0.15, -0.1) is 0 Å². The molecule has 0 saturated carbocycles. The van der Waals surface area contributed by atoms with Gasteiger partial charge in [0, 0.05) is 17.8 Å². The van der Waals surface area contributed by atoms with Gasteiger partial charge in [0.15, 0.2) is 11.5 Å². The predicted octanol–water partition coefficient (Wildman–Crippen LogP) is 7.48. The zero-order valence-electron chi connectivity index (χ0n) is 15.6. The number of nitrogens with one attached hydrogen (secondary N) is 1. The minimum absolute atomic E-state index is 0.103. The Bertz CT molecular complexity index is 1000. The molecule has 0 aliphatic rings. The SMILES string of the molecule is CCOc1cc(CNc2ccc(Cl)c(Cl)c2)cc(Br)c1OCc1ccccc1F. The van der Waals surface area contributed by atoms with E-state index in [0.717, 1.165) is 15.7 Å². The fraction of sp³-hybridized carbons (Fsp3) is 0.182. The normalized spacial score (nSPS) is 10.7. The first kappa shape index (κ1) is 21.8. The maximum Gasteiger partial charge on any atom is 0.175 e. The van der Waals surface area contributed by atoms with E-state index in [-0.39, 0.29) is 12.4 Å². The molecule has 0 aliphatic heterocycles.